The summed E-state index contributed by atoms with van der Waals surface area (Å²) in [6.07, 6.45) is 4.48. The highest BCUT2D eigenvalue weighted by Gasteiger charge is 2.42. The van der Waals surface area contributed by atoms with Gasteiger partial charge in [-0.3, -0.25) is 4.79 Å². The molecule has 30 heavy (non-hydrogen) atoms. The van der Waals surface area contributed by atoms with Crippen LogP contribution < -0.4 is 10.1 Å². The molecule has 2 aromatic rings. The van der Waals surface area contributed by atoms with Crippen molar-refractivity contribution in [2.75, 3.05) is 12.4 Å². The summed E-state index contributed by atoms with van der Waals surface area (Å²) in [6.45, 7) is 6.01. The lowest BCUT2D eigenvalue weighted by atomic mass is 9.77. The molecular formula is C25H31NO4. The predicted octanol–water partition coefficient (Wildman–Crippen LogP) is 5.41. The van der Waals surface area contributed by atoms with Gasteiger partial charge in [-0.25, -0.2) is 4.79 Å². The summed E-state index contributed by atoms with van der Waals surface area (Å²) in [6, 6.07) is 13.4. The molecule has 2 aromatic carbocycles. The highest BCUT2D eigenvalue weighted by atomic mass is 16.5. The zero-order valence-electron chi connectivity index (χ0n) is 18.3. The Kier molecular flexibility index (Phi) is 6.80. The van der Waals surface area contributed by atoms with E-state index in [1.165, 1.54) is 12.7 Å². The Bertz CT molecular complexity index is 898. The maximum Gasteiger partial charge on any atom is 0.341 e. The third-order valence-electron chi connectivity index (χ3n) is 6.04. The summed E-state index contributed by atoms with van der Waals surface area (Å²) in [5, 5.41) is 3.05. The van der Waals surface area contributed by atoms with Gasteiger partial charge in [-0.1, -0.05) is 49.6 Å². The van der Waals surface area contributed by atoms with E-state index in [4.69, 9.17) is 9.47 Å². The van der Waals surface area contributed by atoms with Crippen molar-refractivity contribution in [3.8, 4) is 5.75 Å². The van der Waals surface area contributed by atoms with Crippen LogP contribution in [0.15, 0.2) is 42.5 Å². The second kappa shape index (κ2) is 9.33. The maximum absolute atomic E-state index is 13.4. The first kappa shape index (κ1) is 21.9. The molecule has 3 rings (SSSR count). The predicted molar refractivity (Wildman–Crippen MR) is 118 cm³/mol. The number of methoxy groups -OCH3 is 1. The van der Waals surface area contributed by atoms with Crippen LogP contribution in [0.5, 0.6) is 5.75 Å². The summed E-state index contributed by atoms with van der Waals surface area (Å²) in [5.41, 5.74) is 2.56. The molecule has 160 valence electrons. The smallest absolute Gasteiger partial charge is 0.341 e. The number of ether oxygens (including phenoxy) is 2. The van der Waals surface area contributed by atoms with Crippen LogP contribution >= 0.6 is 0 Å². The van der Waals surface area contributed by atoms with Gasteiger partial charge in [-0.15, -0.1) is 0 Å². The molecule has 1 amide bonds. The second-order valence-corrected chi connectivity index (χ2v) is 8.15. The number of benzene rings is 2. The molecule has 1 aliphatic carbocycles. The molecule has 1 N–H and O–H groups in total. The Morgan fingerprint density at radius 2 is 1.77 bits per heavy atom. The summed E-state index contributed by atoms with van der Waals surface area (Å²) < 4.78 is 10.8. The fourth-order valence-corrected chi connectivity index (χ4v) is 4.03. The van der Waals surface area contributed by atoms with Gasteiger partial charge >= 0.3 is 5.97 Å². The van der Waals surface area contributed by atoms with E-state index in [1.54, 1.807) is 18.2 Å². The van der Waals surface area contributed by atoms with E-state index in [2.05, 4.69) is 29.6 Å². The molecule has 0 aliphatic heterocycles. The lowest BCUT2D eigenvalue weighted by Gasteiger charge is -2.28. The van der Waals surface area contributed by atoms with Crippen LogP contribution in [-0.2, 0) is 14.9 Å². The molecule has 0 spiro atoms. The van der Waals surface area contributed by atoms with Crippen LogP contribution in [0.1, 0.15) is 67.4 Å². The summed E-state index contributed by atoms with van der Waals surface area (Å²) >= 11 is 0. The number of carbonyl (C=O) groups is 2. The number of rotatable bonds is 7. The number of anilines is 1. The van der Waals surface area contributed by atoms with E-state index >= 15 is 0 Å². The van der Waals surface area contributed by atoms with Gasteiger partial charge in [0, 0.05) is 5.69 Å². The molecule has 5 nitrogen and oxygen atoms in total. The van der Waals surface area contributed by atoms with Crippen molar-refractivity contribution in [1.29, 1.82) is 0 Å². The fourth-order valence-electron chi connectivity index (χ4n) is 4.03. The first-order valence-electron chi connectivity index (χ1n) is 10.7. The van der Waals surface area contributed by atoms with Crippen molar-refractivity contribution in [1.82, 2.24) is 0 Å². The van der Waals surface area contributed by atoms with Gasteiger partial charge in [-0.2, -0.15) is 0 Å². The topological polar surface area (TPSA) is 64.6 Å². The van der Waals surface area contributed by atoms with Crippen LogP contribution in [0.2, 0.25) is 0 Å². The van der Waals surface area contributed by atoms with Crippen molar-refractivity contribution < 1.29 is 19.1 Å². The highest BCUT2D eigenvalue weighted by molar-refractivity contribution is 6.01. The monoisotopic (exact) mass is 409 g/mol. The molecule has 0 unspecified atom stereocenters. The van der Waals surface area contributed by atoms with Gasteiger partial charge < -0.3 is 14.8 Å². The minimum atomic E-state index is -0.537. The molecule has 5 heteroatoms. The van der Waals surface area contributed by atoms with E-state index in [0.717, 1.165) is 37.7 Å². The fraction of sp³-hybridized carbons (Fsp3) is 0.440. The van der Waals surface area contributed by atoms with E-state index in [0.29, 0.717) is 17.0 Å². The maximum atomic E-state index is 13.4. The molecular weight excluding hydrogens is 378 g/mol. The standard InChI is InChI=1S/C25H31NO4/c1-5-18(3)30-22-13-12-20(16-21(22)23(27)29-4)26-24(28)25(14-6-7-15-25)19-10-8-17(2)9-11-19/h8-13,16,18H,5-7,14-15H2,1-4H3,(H,26,28)/t18-/m1/s1. The van der Waals surface area contributed by atoms with Gasteiger partial charge in [-0.05, 0) is 56.9 Å². The van der Waals surface area contributed by atoms with Gasteiger partial charge in [0.25, 0.3) is 0 Å². The SMILES string of the molecule is CC[C@@H](C)Oc1ccc(NC(=O)C2(c3ccc(C)cc3)CCCC2)cc1C(=O)OC. The summed E-state index contributed by atoms with van der Waals surface area (Å²) in [7, 11) is 1.34. The third kappa shape index (κ3) is 4.50. The second-order valence-electron chi connectivity index (χ2n) is 8.15. The zero-order valence-corrected chi connectivity index (χ0v) is 18.3. The van der Waals surface area contributed by atoms with Crippen molar-refractivity contribution in [2.24, 2.45) is 0 Å². The van der Waals surface area contributed by atoms with Gasteiger partial charge in [0.1, 0.15) is 11.3 Å². The Morgan fingerprint density at radius 1 is 1.10 bits per heavy atom. The first-order chi connectivity index (χ1) is 14.4. The Labute approximate surface area is 178 Å². The van der Waals surface area contributed by atoms with Crippen molar-refractivity contribution in [3.63, 3.8) is 0 Å². The van der Waals surface area contributed by atoms with Crippen LogP contribution in [-0.4, -0.2) is 25.1 Å². The molecule has 1 fully saturated rings. The zero-order chi connectivity index (χ0) is 21.7. The van der Waals surface area contributed by atoms with Crippen LogP contribution in [0.4, 0.5) is 5.69 Å². The average Bonchev–Trinajstić information content (AvgIpc) is 3.25. The highest BCUT2D eigenvalue weighted by Crippen LogP contribution is 2.42. The van der Waals surface area contributed by atoms with Crippen molar-refractivity contribution >= 4 is 17.6 Å². The lowest BCUT2D eigenvalue weighted by Crippen LogP contribution is -2.38. The third-order valence-corrected chi connectivity index (χ3v) is 6.04. The van der Waals surface area contributed by atoms with Crippen LogP contribution in [0, 0.1) is 6.92 Å². The normalized spacial score (nSPS) is 16.0. The van der Waals surface area contributed by atoms with Crippen LogP contribution in [0.3, 0.4) is 0 Å². The van der Waals surface area contributed by atoms with Crippen molar-refractivity contribution in [2.45, 2.75) is 64.4 Å². The lowest BCUT2D eigenvalue weighted by molar-refractivity contribution is -0.121. The minimum Gasteiger partial charge on any atom is -0.490 e. The number of hydrogen-bond acceptors (Lipinski definition) is 4. The largest absolute Gasteiger partial charge is 0.490 e. The molecule has 0 heterocycles. The quantitative estimate of drug-likeness (QED) is 0.621. The number of esters is 1. The molecule has 1 saturated carbocycles. The van der Waals surface area contributed by atoms with E-state index in [-0.39, 0.29) is 12.0 Å². The number of nitrogens with one attached hydrogen (secondary N) is 1. The molecule has 0 saturated heterocycles. The number of hydrogen-bond donors (Lipinski definition) is 1. The summed E-state index contributed by atoms with van der Waals surface area (Å²) in [5.74, 6) is -0.0582. The Morgan fingerprint density at radius 3 is 2.37 bits per heavy atom. The average molecular weight is 410 g/mol. The van der Waals surface area contributed by atoms with E-state index < -0.39 is 11.4 Å². The van der Waals surface area contributed by atoms with E-state index in [1.807, 2.05) is 20.8 Å². The molecule has 1 atom stereocenters. The number of aryl methyl sites for hydroxylation is 1. The Balaban J connectivity index is 1.89. The van der Waals surface area contributed by atoms with Gasteiger partial charge in [0.05, 0.1) is 18.6 Å². The van der Waals surface area contributed by atoms with E-state index in [9.17, 15) is 9.59 Å². The molecule has 0 radical (unpaired) electrons. The minimum absolute atomic E-state index is 0.0304. The van der Waals surface area contributed by atoms with Crippen LogP contribution in [0.25, 0.3) is 0 Å². The van der Waals surface area contributed by atoms with Gasteiger partial charge in [0.15, 0.2) is 0 Å². The summed E-state index contributed by atoms with van der Waals surface area (Å²) in [4.78, 5) is 25.7. The number of carbonyl (C=O) groups excluding carboxylic acids is 2. The van der Waals surface area contributed by atoms with Crippen molar-refractivity contribution in [3.05, 3.63) is 59.2 Å². The number of amides is 1. The van der Waals surface area contributed by atoms with Gasteiger partial charge in [0.2, 0.25) is 5.91 Å². The molecule has 0 aromatic heterocycles. The molecule has 0 bridgehead atoms. The Hall–Kier alpha value is -2.82. The molecule has 1 aliphatic rings. The first-order valence-corrected chi connectivity index (χ1v) is 10.7.